The lowest BCUT2D eigenvalue weighted by atomic mass is 10.1. The minimum Gasteiger partial charge on any atom is -0.325 e. The van der Waals surface area contributed by atoms with E-state index in [2.05, 4.69) is 5.32 Å². The van der Waals surface area contributed by atoms with E-state index in [4.69, 9.17) is 16.9 Å². The molecule has 118 valence electrons. The van der Waals surface area contributed by atoms with Crippen molar-refractivity contribution in [3.05, 3.63) is 64.7 Å². The molecule has 0 heterocycles. The Bertz CT molecular complexity index is 722. The van der Waals surface area contributed by atoms with Crippen LogP contribution in [0.5, 0.6) is 0 Å². The molecule has 4 nitrogen and oxygen atoms in total. The third kappa shape index (κ3) is 4.82. The summed E-state index contributed by atoms with van der Waals surface area (Å²) in [6.45, 7) is 2.48. The van der Waals surface area contributed by atoms with Crippen molar-refractivity contribution >= 4 is 23.2 Å². The molecule has 1 amide bonds. The van der Waals surface area contributed by atoms with E-state index in [9.17, 15) is 4.79 Å². The standard InChI is InChI=1S/C18H18ClN3O/c1-13(22(2)12-15-4-3-5-16(19)10-15)18(23)21-17-8-6-14(11-20)7-9-17/h3-10,13H,12H2,1-2H3,(H,21,23)/t13-/m1/s1. The second-order valence-electron chi connectivity index (χ2n) is 5.40. The van der Waals surface area contributed by atoms with Gasteiger partial charge in [0.25, 0.3) is 0 Å². The van der Waals surface area contributed by atoms with Gasteiger partial charge >= 0.3 is 0 Å². The van der Waals surface area contributed by atoms with E-state index >= 15 is 0 Å². The molecule has 0 aromatic heterocycles. The number of halogens is 1. The van der Waals surface area contributed by atoms with Gasteiger partial charge in [-0.3, -0.25) is 9.69 Å². The molecule has 0 saturated heterocycles. The number of carbonyl (C=O) groups is 1. The lowest BCUT2D eigenvalue weighted by Gasteiger charge is -2.24. The van der Waals surface area contributed by atoms with Crippen molar-refractivity contribution in [3.8, 4) is 6.07 Å². The molecule has 1 atom stereocenters. The van der Waals surface area contributed by atoms with Gasteiger partial charge in [-0.15, -0.1) is 0 Å². The van der Waals surface area contributed by atoms with E-state index in [0.29, 0.717) is 22.8 Å². The molecule has 5 heteroatoms. The summed E-state index contributed by atoms with van der Waals surface area (Å²) in [6.07, 6.45) is 0. The lowest BCUT2D eigenvalue weighted by Crippen LogP contribution is -2.39. The molecule has 2 aromatic rings. The van der Waals surface area contributed by atoms with Gasteiger partial charge in [-0.25, -0.2) is 0 Å². The van der Waals surface area contributed by atoms with Crippen molar-refractivity contribution in [1.29, 1.82) is 5.26 Å². The monoisotopic (exact) mass is 327 g/mol. The Balaban J connectivity index is 1.96. The van der Waals surface area contributed by atoms with Crippen LogP contribution in [-0.2, 0) is 11.3 Å². The second kappa shape index (κ2) is 7.77. The highest BCUT2D eigenvalue weighted by Gasteiger charge is 2.18. The molecule has 0 unspecified atom stereocenters. The van der Waals surface area contributed by atoms with Crippen molar-refractivity contribution in [2.75, 3.05) is 12.4 Å². The van der Waals surface area contributed by atoms with Crippen LogP contribution in [0.1, 0.15) is 18.1 Å². The zero-order valence-electron chi connectivity index (χ0n) is 13.1. The Kier molecular flexibility index (Phi) is 5.75. The van der Waals surface area contributed by atoms with Crippen molar-refractivity contribution in [2.24, 2.45) is 0 Å². The maximum atomic E-state index is 12.3. The number of anilines is 1. The second-order valence-corrected chi connectivity index (χ2v) is 5.84. The smallest absolute Gasteiger partial charge is 0.241 e. The summed E-state index contributed by atoms with van der Waals surface area (Å²) >= 11 is 5.98. The third-order valence-corrected chi connectivity index (χ3v) is 3.88. The van der Waals surface area contributed by atoms with Gasteiger partial charge < -0.3 is 5.32 Å². The number of nitrogens with zero attached hydrogens (tertiary/aromatic N) is 2. The van der Waals surface area contributed by atoms with Crippen LogP contribution in [0.15, 0.2) is 48.5 Å². The number of nitrogens with one attached hydrogen (secondary N) is 1. The Labute approximate surface area is 141 Å². The molecule has 0 saturated carbocycles. The Morgan fingerprint density at radius 2 is 2.00 bits per heavy atom. The van der Waals surface area contributed by atoms with Gasteiger partial charge in [0.2, 0.25) is 5.91 Å². The summed E-state index contributed by atoms with van der Waals surface area (Å²) in [5.41, 5.74) is 2.30. The Morgan fingerprint density at radius 1 is 1.30 bits per heavy atom. The number of amides is 1. The summed E-state index contributed by atoms with van der Waals surface area (Å²) in [6, 6.07) is 16.1. The molecular weight excluding hydrogens is 310 g/mol. The van der Waals surface area contributed by atoms with E-state index in [1.165, 1.54) is 0 Å². The highest BCUT2D eigenvalue weighted by Crippen LogP contribution is 2.14. The Hall–Kier alpha value is -2.35. The molecule has 0 aliphatic carbocycles. The molecular formula is C18H18ClN3O. The molecule has 0 radical (unpaired) electrons. The molecule has 0 bridgehead atoms. The minimum atomic E-state index is -0.301. The zero-order valence-corrected chi connectivity index (χ0v) is 13.8. The summed E-state index contributed by atoms with van der Waals surface area (Å²) in [5.74, 6) is -0.0979. The van der Waals surface area contributed by atoms with Crippen molar-refractivity contribution in [1.82, 2.24) is 4.90 Å². The van der Waals surface area contributed by atoms with Gasteiger partial charge in [0.1, 0.15) is 0 Å². The predicted molar refractivity (Wildman–Crippen MR) is 92.2 cm³/mol. The molecule has 2 rings (SSSR count). The Morgan fingerprint density at radius 3 is 2.61 bits per heavy atom. The lowest BCUT2D eigenvalue weighted by molar-refractivity contribution is -0.120. The number of benzene rings is 2. The summed E-state index contributed by atoms with van der Waals surface area (Å²) in [5, 5.41) is 12.3. The highest BCUT2D eigenvalue weighted by atomic mass is 35.5. The quantitative estimate of drug-likeness (QED) is 0.911. The molecule has 2 aromatic carbocycles. The first kappa shape index (κ1) is 17.0. The zero-order chi connectivity index (χ0) is 16.8. The van der Waals surface area contributed by atoms with E-state index in [1.54, 1.807) is 24.3 Å². The van der Waals surface area contributed by atoms with Crippen LogP contribution >= 0.6 is 11.6 Å². The van der Waals surface area contributed by atoms with Crippen LogP contribution in [0.25, 0.3) is 0 Å². The van der Waals surface area contributed by atoms with Gasteiger partial charge in [-0.2, -0.15) is 5.26 Å². The number of carbonyl (C=O) groups excluding carboxylic acids is 1. The SMILES string of the molecule is C[C@H](C(=O)Nc1ccc(C#N)cc1)N(C)Cc1cccc(Cl)c1. The van der Waals surface area contributed by atoms with Gasteiger partial charge in [0.15, 0.2) is 0 Å². The van der Waals surface area contributed by atoms with Crippen LogP contribution in [0.2, 0.25) is 5.02 Å². The number of hydrogen-bond donors (Lipinski definition) is 1. The molecule has 1 N–H and O–H groups in total. The van der Waals surface area contributed by atoms with Crippen LogP contribution < -0.4 is 5.32 Å². The molecule has 0 aliphatic heterocycles. The van der Waals surface area contributed by atoms with Crippen molar-refractivity contribution < 1.29 is 4.79 Å². The van der Waals surface area contributed by atoms with Crippen molar-refractivity contribution in [2.45, 2.75) is 19.5 Å². The first-order valence-corrected chi connectivity index (χ1v) is 7.63. The highest BCUT2D eigenvalue weighted by molar-refractivity contribution is 6.30. The number of rotatable bonds is 5. The maximum Gasteiger partial charge on any atom is 0.241 e. The number of nitriles is 1. The largest absolute Gasteiger partial charge is 0.325 e. The first-order chi connectivity index (χ1) is 11.0. The maximum absolute atomic E-state index is 12.3. The van der Waals surface area contributed by atoms with E-state index in [1.807, 2.05) is 49.2 Å². The van der Waals surface area contributed by atoms with Gasteiger partial charge in [0.05, 0.1) is 17.7 Å². The molecule has 0 aliphatic rings. The minimum absolute atomic E-state index is 0.0979. The fourth-order valence-corrected chi connectivity index (χ4v) is 2.35. The fourth-order valence-electron chi connectivity index (χ4n) is 2.14. The first-order valence-electron chi connectivity index (χ1n) is 7.25. The van der Waals surface area contributed by atoms with Crippen LogP contribution in [0.4, 0.5) is 5.69 Å². The van der Waals surface area contributed by atoms with E-state index in [0.717, 1.165) is 5.56 Å². The van der Waals surface area contributed by atoms with Gasteiger partial charge in [-0.05, 0) is 55.9 Å². The summed E-state index contributed by atoms with van der Waals surface area (Å²) < 4.78 is 0. The molecule has 23 heavy (non-hydrogen) atoms. The number of hydrogen-bond acceptors (Lipinski definition) is 3. The van der Waals surface area contributed by atoms with Gasteiger partial charge in [-0.1, -0.05) is 23.7 Å². The van der Waals surface area contributed by atoms with Crippen LogP contribution in [0.3, 0.4) is 0 Å². The van der Waals surface area contributed by atoms with Gasteiger partial charge in [0, 0.05) is 17.3 Å². The average Bonchev–Trinajstić information content (AvgIpc) is 2.54. The summed E-state index contributed by atoms with van der Waals surface area (Å²) in [7, 11) is 1.89. The normalized spacial score (nSPS) is 11.8. The number of likely N-dealkylation sites (N-methyl/N-ethyl adjacent to an activating group) is 1. The molecule has 0 fully saturated rings. The topological polar surface area (TPSA) is 56.1 Å². The van der Waals surface area contributed by atoms with Crippen LogP contribution in [0, 0.1) is 11.3 Å². The predicted octanol–water partition coefficient (Wildman–Crippen LogP) is 3.67. The third-order valence-electron chi connectivity index (χ3n) is 3.64. The summed E-state index contributed by atoms with van der Waals surface area (Å²) in [4.78, 5) is 14.3. The van der Waals surface area contributed by atoms with Crippen LogP contribution in [-0.4, -0.2) is 23.9 Å². The van der Waals surface area contributed by atoms with Crippen molar-refractivity contribution in [3.63, 3.8) is 0 Å². The fraction of sp³-hybridized carbons (Fsp3) is 0.222. The van der Waals surface area contributed by atoms with E-state index in [-0.39, 0.29) is 11.9 Å². The average molecular weight is 328 g/mol. The van der Waals surface area contributed by atoms with E-state index < -0.39 is 0 Å². The molecule has 0 spiro atoms.